The number of fused-ring (bicyclic) bond motifs is 1. The number of aryl methyl sites for hydroxylation is 1. The molecule has 2 heterocycles. The van der Waals surface area contributed by atoms with Crippen LogP contribution in [0.15, 0.2) is 54.6 Å². The highest BCUT2D eigenvalue weighted by atomic mass is 32.2. The molecule has 1 saturated heterocycles. The third-order valence-electron chi connectivity index (χ3n) is 5.12. The van der Waals surface area contributed by atoms with Gasteiger partial charge in [-0.25, -0.2) is 18.4 Å². The molecule has 6 nitrogen and oxygen atoms in total. The molecule has 0 N–H and O–H groups in total. The van der Waals surface area contributed by atoms with Gasteiger partial charge in [0.25, 0.3) is 0 Å². The number of hydrogen-bond donors (Lipinski definition) is 0. The number of aromatic nitrogens is 2. The molecule has 0 spiro atoms. The lowest BCUT2D eigenvalue weighted by Gasteiger charge is -2.33. The van der Waals surface area contributed by atoms with Crippen LogP contribution in [0.5, 0.6) is 0 Å². The molecule has 0 bridgehead atoms. The Morgan fingerprint density at radius 1 is 0.893 bits per heavy atom. The Balaban J connectivity index is 1.39. The zero-order valence-electron chi connectivity index (χ0n) is 16.0. The summed E-state index contributed by atoms with van der Waals surface area (Å²) in [6.07, 6.45) is 0. The first-order chi connectivity index (χ1) is 13.5. The fourth-order valence-electron chi connectivity index (χ4n) is 3.61. The van der Waals surface area contributed by atoms with Gasteiger partial charge in [0.2, 0.25) is 10.0 Å². The van der Waals surface area contributed by atoms with Gasteiger partial charge >= 0.3 is 0 Å². The maximum absolute atomic E-state index is 12.7. The Morgan fingerprint density at radius 2 is 1.57 bits per heavy atom. The maximum Gasteiger partial charge on any atom is 0.218 e. The van der Waals surface area contributed by atoms with Gasteiger partial charge < -0.3 is 0 Å². The molecule has 1 aliphatic rings. The number of benzene rings is 2. The molecular formula is C21H24N4O2S. The minimum atomic E-state index is -3.29. The summed E-state index contributed by atoms with van der Waals surface area (Å²) in [5.74, 6) is 0.845. The van der Waals surface area contributed by atoms with E-state index in [4.69, 9.17) is 0 Å². The molecule has 1 aromatic heterocycles. The molecule has 0 aliphatic carbocycles. The summed E-state index contributed by atoms with van der Waals surface area (Å²) < 4.78 is 27.0. The average Bonchev–Trinajstić information content (AvgIpc) is 2.69. The van der Waals surface area contributed by atoms with Crippen LogP contribution >= 0.6 is 0 Å². The molecule has 3 aromatic rings. The summed E-state index contributed by atoms with van der Waals surface area (Å²) in [5.41, 5.74) is 2.75. The van der Waals surface area contributed by atoms with Gasteiger partial charge in [-0.05, 0) is 18.6 Å². The highest BCUT2D eigenvalue weighted by Crippen LogP contribution is 2.17. The van der Waals surface area contributed by atoms with Gasteiger partial charge in [-0.15, -0.1) is 0 Å². The van der Waals surface area contributed by atoms with E-state index in [2.05, 4.69) is 14.9 Å². The molecule has 0 atom stereocenters. The SMILES string of the molecule is Cc1nc(CN2CCN(S(=O)(=O)Cc3ccccc3)CC2)nc2ccccc12. The highest BCUT2D eigenvalue weighted by Gasteiger charge is 2.27. The van der Waals surface area contributed by atoms with Crippen LogP contribution in [-0.2, 0) is 22.3 Å². The first-order valence-electron chi connectivity index (χ1n) is 9.48. The minimum absolute atomic E-state index is 0.0564. The van der Waals surface area contributed by atoms with Crippen molar-refractivity contribution in [3.63, 3.8) is 0 Å². The third-order valence-corrected chi connectivity index (χ3v) is 6.97. The topological polar surface area (TPSA) is 66.4 Å². The largest absolute Gasteiger partial charge is 0.293 e. The molecule has 0 amide bonds. The Hall–Kier alpha value is -2.35. The third kappa shape index (κ3) is 4.22. The van der Waals surface area contributed by atoms with Gasteiger partial charge in [0.15, 0.2) is 0 Å². The van der Waals surface area contributed by atoms with Crippen molar-refractivity contribution in [1.82, 2.24) is 19.2 Å². The monoisotopic (exact) mass is 396 g/mol. The number of piperazine rings is 1. The molecule has 146 valence electrons. The van der Waals surface area contributed by atoms with Crippen LogP contribution in [0.25, 0.3) is 10.9 Å². The van der Waals surface area contributed by atoms with Crippen LogP contribution in [0, 0.1) is 6.92 Å². The van der Waals surface area contributed by atoms with Crippen molar-refractivity contribution in [1.29, 1.82) is 0 Å². The van der Waals surface area contributed by atoms with Gasteiger partial charge in [0.05, 0.1) is 17.8 Å². The standard InChI is InChI=1S/C21H24N4O2S/c1-17-19-9-5-6-10-20(19)23-21(22-17)15-24-11-13-25(14-12-24)28(26,27)16-18-7-3-2-4-8-18/h2-10H,11-16H2,1H3. The van der Waals surface area contributed by atoms with E-state index < -0.39 is 10.0 Å². The summed E-state index contributed by atoms with van der Waals surface area (Å²) in [4.78, 5) is 11.5. The molecular weight excluding hydrogens is 372 g/mol. The van der Waals surface area contributed by atoms with Crippen molar-refractivity contribution in [3.05, 3.63) is 71.7 Å². The Labute approximate surface area is 165 Å². The normalized spacial score (nSPS) is 16.5. The Morgan fingerprint density at radius 3 is 2.32 bits per heavy atom. The average molecular weight is 397 g/mol. The van der Waals surface area contributed by atoms with E-state index in [-0.39, 0.29) is 5.75 Å². The fourth-order valence-corrected chi connectivity index (χ4v) is 5.12. The van der Waals surface area contributed by atoms with E-state index in [0.29, 0.717) is 32.7 Å². The van der Waals surface area contributed by atoms with Gasteiger partial charge in [-0.2, -0.15) is 4.31 Å². The van der Waals surface area contributed by atoms with Crippen LogP contribution < -0.4 is 0 Å². The molecule has 2 aromatic carbocycles. The second-order valence-electron chi connectivity index (χ2n) is 7.16. The molecule has 0 saturated carbocycles. The van der Waals surface area contributed by atoms with E-state index in [0.717, 1.165) is 28.0 Å². The van der Waals surface area contributed by atoms with Gasteiger partial charge in [-0.1, -0.05) is 48.5 Å². The first kappa shape index (κ1) is 19.0. The lowest BCUT2D eigenvalue weighted by atomic mass is 10.2. The van der Waals surface area contributed by atoms with Gasteiger partial charge in [-0.3, -0.25) is 4.90 Å². The van der Waals surface area contributed by atoms with E-state index >= 15 is 0 Å². The summed E-state index contributed by atoms with van der Waals surface area (Å²) in [6, 6.07) is 17.4. The molecule has 4 rings (SSSR count). The van der Waals surface area contributed by atoms with E-state index in [9.17, 15) is 8.42 Å². The van der Waals surface area contributed by atoms with Gasteiger partial charge in [0, 0.05) is 37.3 Å². The number of hydrogen-bond acceptors (Lipinski definition) is 5. The zero-order valence-corrected chi connectivity index (χ0v) is 16.8. The molecule has 28 heavy (non-hydrogen) atoms. The molecule has 1 aliphatic heterocycles. The summed E-state index contributed by atoms with van der Waals surface area (Å²) >= 11 is 0. The highest BCUT2D eigenvalue weighted by molar-refractivity contribution is 7.88. The predicted octanol–water partition coefficient (Wildman–Crippen LogP) is 2.59. The van der Waals surface area contributed by atoms with Crippen LogP contribution in [0.3, 0.4) is 0 Å². The van der Waals surface area contributed by atoms with E-state index in [1.807, 2.05) is 61.5 Å². The van der Waals surface area contributed by atoms with Crippen molar-refractivity contribution in [2.45, 2.75) is 19.2 Å². The summed E-state index contributed by atoms with van der Waals surface area (Å²) in [5, 5.41) is 1.07. The maximum atomic E-state index is 12.7. The lowest BCUT2D eigenvalue weighted by molar-refractivity contribution is 0.178. The Bertz CT molecular complexity index is 1060. The van der Waals surface area contributed by atoms with Crippen LogP contribution in [0.1, 0.15) is 17.1 Å². The summed E-state index contributed by atoms with van der Waals surface area (Å²) in [6.45, 7) is 5.01. The molecule has 7 heteroatoms. The minimum Gasteiger partial charge on any atom is -0.293 e. The molecule has 0 unspecified atom stereocenters. The van der Waals surface area contributed by atoms with Gasteiger partial charge in [0.1, 0.15) is 5.82 Å². The van der Waals surface area contributed by atoms with Crippen molar-refractivity contribution in [2.24, 2.45) is 0 Å². The number of sulfonamides is 1. The van der Waals surface area contributed by atoms with Crippen molar-refractivity contribution < 1.29 is 8.42 Å². The molecule has 0 radical (unpaired) electrons. The van der Waals surface area contributed by atoms with Crippen molar-refractivity contribution in [3.8, 4) is 0 Å². The molecule has 1 fully saturated rings. The van der Waals surface area contributed by atoms with E-state index in [1.165, 1.54) is 0 Å². The zero-order chi connectivity index (χ0) is 19.6. The quantitative estimate of drug-likeness (QED) is 0.663. The van der Waals surface area contributed by atoms with Crippen LogP contribution in [-0.4, -0.2) is 53.8 Å². The summed E-state index contributed by atoms with van der Waals surface area (Å²) in [7, 11) is -3.29. The fraction of sp³-hybridized carbons (Fsp3) is 0.333. The number of nitrogens with zero attached hydrogens (tertiary/aromatic N) is 4. The smallest absolute Gasteiger partial charge is 0.218 e. The lowest BCUT2D eigenvalue weighted by Crippen LogP contribution is -2.48. The van der Waals surface area contributed by atoms with Crippen LogP contribution in [0.4, 0.5) is 0 Å². The van der Waals surface area contributed by atoms with Crippen molar-refractivity contribution >= 4 is 20.9 Å². The Kier molecular flexibility index (Phi) is 5.39. The van der Waals surface area contributed by atoms with Crippen LogP contribution in [0.2, 0.25) is 0 Å². The first-order valence-corrected chi connectivity index (χ1v) is 11.1. The number of rotatable bonds is 5. The predicted molar refractivity (Wildman–Crippen MR) is 110 cm³/mol. The number of para-hydroxylation sites is 1. The second kappa shape index (κ2) is 7.95. The van der Waals surface area contributed by atoms with E-state index in [1.54, 1.807) is 4.31 Å². The van der Waals surface area contributed by atoms with Crippen molar-refractivity contribution in [2.75, 3.05) is 26.2 Å². The second-order valence-corrected chi connectivity index (χ2v) is 9.13.